The van der Waals surface area contributed by atoms with Crippen molar-refractivity contribution in [2.24, 2.45) is 0 Å². The molecular weight excluding hydrogens is 344 g/mol. The Morgan fingerprint density at radius 1 is 1.38 bits per heavy atom. The van der Waals surface area contributed by atoms with E-state index in [-0.39, 0.29) is 5.56 Å². The van der Waals surface area contributed by atoms with Crippen molar-refractivity contribution < 1.29 is 8.78 Å². The molecule has 0 saturated carbocycles. The Morgan fingerprint density at radius 3 is 2.75 bits per heavy atom. The molecule has 1 heterocycles. The minimum absolute atomic E-state index is 0.149. The molecule has 1 aliphatic heterocycles. The number of halogens is 4. The fourth-order valence-corrected chi connectivity index (χ4v) is 2.85. The molecule has 0 aliphatic carbocycles. The third kappa shape index (κ3) is 2.63. The van der Waals surface area contributed by atoms with Crippen LogP contribution in [0.1, 0.15) is 12.0 Å². The van der Waals surface area contributed by atoms with Crippen LogP contribution in [0.15, 0.2) is 16.6 Å². The van der Waals surface area contributed by atoms with E-state index in [2.05, 4.69) is 31.9 Å². The van der Waals surface area contributed by atoms with Crippen LogP contribution in [0.4, 0.5) is 8.78 Å². The molecule has 1 fully saturated rings. The van der Waals surface area contributed by atoms with Gasteiger partial charge in [-0.05, 0) is 41.0 Å². The molecule has 0 N–H and O–H groups in total. The maximum Gasteiger partial charge on any atom is 0.144 e. The van der Waals surface area contributed by atoms with Gasteiger partial charge in [-0.15, -0.1) is 0 Å². The third-order valence-corrected chi connectivity index (χ3v) is 4.10. The van der Waals surface area contributed by atoms with Gasteiger partial charge in [-0.2, -0.15) is 0 Å². The van der Waals surface area contributed by atoms with E-state index in [9.17, 15) is 8.78 Å². The van der Waals surface area contributed by atoms with Crippen LogP contribution in [0.2, 0.25) is 0 Å². The van der Waals surface area contributed by atoms with Crippen LogP contribution in [0, 0.1) is 11.6 Å². The first-order valence-electron chi connectivity index (χ1n) is 5.06. The van der Waals surface area contributed by atoms with Crippen LogP contribution >= 0.6 is 31.9 Å². The summed E-state index contributed by atoms with van der Waals surface area (Å²) in [6, 6.07) is 2.69. The van der Waals surface area contributed by atoms with Gasteiger partial charge in [0.1, 0.15) is 11.6 Å². The lowest BCUT2D eigenvalue weighted by atomic mass is 10.2. The molecule has 1 saturated heterocycles. The summed E-state index contributed by atoms with van der Waals surface area (Å²) in [5.74, 6) is -0.961. The number of hydrogen-bond donors (Lipinski definition) is 0. The van der Waals surface area contributed by atoms with Crippen molar-refractivity contribution in [2.45, 2.75) is 17.8 Å². The van der Waals surface area contributed by atoms with Gasteiger partial charge in [-0.3, -0.25) is 4.90 Å². The van der Waals surface area contributed by atoms with Crippen molar-refractivity contribution in [1.29, 1.82) is 0 Å². The van der Waals surface area contributed by atoms with E-state index in [0.29, 0.717) is 15.8 Å². The minimum Gasteiger partial charge on any atom is -0.298 e. The van der Waals surface area contributed by atoms with E-state index in [1.807, 2.05) is 4.90 Å². The normalized spacial score (nSPS) is 21.6. The van der Waals surface area contributed by atoms with E-state index >= 15 is 0 Å². The zero-order valence-corrected chi connectivity index (χ0v) is 11.7. The molecule has 16 heavy (non-hydrogen) atoms. The van der Waals surface area contributed by atoms with Gasteiger partial charge in [0, 0.05) is 23.5 Å². The molecule has 1 aromatic carbocycles. The minimum atomic E-state index is -0.488. The Balaban J connectivity index is 2.18. The number of hydrogen-bond acceptors (Lipinski definition) is 1. The summed E-state index contributed by atoms with van der Waals surface area (Å²) in [4.78, 5) is 2.48. The molecule has 0 bridgehead atoms. The van der Waals surface area contributed by atoms with Crippen LogP contribution in [0.3, 0.4) is 0 Å². The molecule has 88 valence electrons. The van der Waals surface area contributed by atoms with E-state index in [1.54, 1.807) is 0 Å². The van der Waals surface area contributed by atoms with Crippen molar-refractivity contribution in [3.8, 4) is 0 Å². The van der Waals surface area contributed by atoms with Crippen molar-refractivity contribution >= 4 is 31.9 Å². The largest absolute Gasteiger partial charge is 0.298 e. The second-order valence-electron chi connectivity index (χ2n) is 3.94. The van der Waals surface area contributed by atoms with Gasteiger partial charge in [-0.25, -0.2) is 8.78 Å². The quantitative estimate of drug-likeness (QED) is 0.578. The number of rotatable bonds is 2. The lowest BCUT2D eigenvalue weighted by Crippen LogP contribution is -2.21. The Labute approximate surface area is 110 Å². The summed E-state index contributed by atoms with van der Waals surface area (Å²) in [6.07, 6.45) is 1.03. The highest BCUT2D eigenvalue weighted by Crippen LogP contribution is 2.25. The smallest absolute Gasteiger partial charge is 0.144 e. The fourth-order valence-electron chi connectivity index (χ4n) is 1.87. The summed E-state index contributed by atoms with van der Waals surface area (Å²) in [6.45, 7) is 2.05. The van der Waals surface area contributed by atoms with E-state index in [4.69, 9.17) is 0 Å². The molecule has 1 nitrogen and oxygen atoms in total. The predicted octanol–water partition coefficient (Wildman–Crippen LogP) is 3.70. The molecule has 1 atom stereocenters. The Kier molecular flexibility index (Phi) is 3.97. The molecular formula is C11H11Br2F2N. The number of alkyl halides is 1. The second kappa shape index (κ2) is 5.10. The first-order chi connectivity index (χ1) is 7.58. The van der Waals surface area contributed by atoms with Crippen LogP contribution in [-0.4, -0.2) is 22.8 Å². The number of nitrogens with zero attached hydrogens (tertiary/aromatic N) is 1. The molecule has 5 heteroatoms. The standard InChI is InChI=1S/C11H11Br2F2N/c12-7-3-4-16(5-7)6-8-10(14)2-1-9(13)11(8)15/h1-2,7H,3-6H2. The molecule has 0 radical (unpaired) electrons. The van der Waals surface area contributed by atoms with Crippen molar-refractivity contribution in [1.82, 2.24) is 4.90 Å². The number of benzene rings is 1. The summed E-state index contributed by atoms with van der Waals surface area (Å²) in [7, 11) is 0. The maximum absolute atomic E-state index is 13.7. The van der Waals surface area contributed by atoms with Crippen LogP contribution in [0.5, 0.6) is 0 Å². The van der Waals surface area contributed by atoms with Crippen molar-refractivity contribution in [3.63, 3.8) is 0 Å². The Morgan fingerprint density at radius 2 is 2.12 bits per heavy atom. The molecule has 0 spiro atoms. The fraction of sp³-hybridized carbons (Fsp3) is 0.455. The van der Waals surface area contributed by atoms with Gasteiger partial charge in [0.05, 0.1) is 4.47 Å². The van der Waals surface area contributed by atoms with Gasteiger partial charge in [0.25, 0.3) is 0 Å². The SMILES string of the molecule is Fc1ccc(Br)c(F)c1CN1CCC(Br)C1. The molecule has 1 aromatic rings. The van der Waals surface area contributed by atoms with E-state index < -0.39 is 11.6 Å². The zero-order valence-electron chi connectivity index (χ0n) is 8.52. The monoisotopic (exact) mass is 353 g/mol. The van der Waals surface area contributed by atoms with Gasteiger partial charge >= 0.3 is 0 Å². The first-order valence-corrected chi connectivity index (χ1v) is 6.77. The lowest BCUT2D eigenvalue weighted by Gasteiger charge is -2.16. The average Bonchev–Trinajstić information content (AvgIpc) is 2.65. The third-order valence-electron chi connectivity index (χ3n) is 2.74. The van der Waals surface area contributed by atoms with Crippen molar-refractivity contribution in [3.05, 3.63) is 33.8 Å². The lowest BCUT2D eigenvalue weighted by molar-refractivity contribution is 0.319. The molecule has 1 unspecified atom stereocenters. The summed E-state index contributed by atoms with van der Waals surface area (Å²) < 4.78 is 27.5. The zero-order chi connectivity index (χ0) is 11.7. The van der Waals surface area contributed by atoms with E-state index in [0.717, 1.165) is 19.5 Å². The van der Waals surface area contributed by atoms with Crippen molar-refractivity contribution in [2.75, 3.05) is 13.1 Å². The van der Waals surface area contributed by atoms with Gasteiger partial charge in [0.2, 0.25) is 0 Å². The summed E-state index contributed by atoms with van der Waals surface area (Å²) in [5.41, 5.74) is 0.149. The molecule has 1 aliphatic rings. The topological polar surface area (TPSA) is 3.24 Å². The second-order valence-corrected chi connectivity index (χ2v) is 6.09. The summed E-state index contributed by atoms with van der Waals surface area (Å²) in [5, 5.41) is 0. The van der Waals surface area contributed by atoms with Gasteiger partial charge in [-0.1, -0.05) is 15.9 Å². The Hall–Kier alpha value is -0.000000000000000111. The summed E-state index contributed by atoms with van der Waals surface area (Å²) >= 11 is 6.58. The van der Waals surface area contributed by atoms with Crippen LogP contribution in [0.25, 0.3) is 0 Å². The Bertz CT molecular complexity index is 398. The molecule has 2 rings (SSSR count). The highest BCUT2D eigenvalue weighted by molar-refractivity contribution is 9.10. The van der Waals surface area contributed by atoms with Gasteiger partial charge < -0.3 is 0 Å². The highest BCUT2D eigenvalue weighted by Gasteiger charge is 2.22. The molecule has 0 amide bonds. The van der Waals surface area contributed by atoms with E-state index in [1.165, 1.54) is 12.1 Å². The highest BCUT2D eigenvalue weighted by atomic mass is 79.9. The van der Waals surface area contributed by atoms with Gasteiger partial charge in [0.15, 0.2) is 0 Å². The maximum atomic E-state index is 13.7. The average molecular weight is 355 g/mol. The van der Waals surface area contributed by atoms with Crippen LogP contribution in [-0.2, 0) is 6.54 Å². The predicted molar refractivity (Wildman–Crippen MR) is 66.7 cm³/mol. The number of likely N-dealkylation sites (tertiary alicyclic amines) is 1. The first kappa shape index (κ1) is 12.5. The molecule has 0 aromatic heterocycles. The van der Waals surface area contributed by atoms with Crippen LogP contribution < -0.4 is 0 Å².